The van der Waals surface area contributed by atoms with Crippen LogP contribution in [0.25, 0.3) is 11.4 Å². The summed E-state index contributed by atoms with van der Waals surface area (Å²) in [6.07, 6.45) is 1.89. The monoisotopic (exact) mass is 449 g/mol. The molecule has 1 N–H and O–H groups in total. The van der Waals surface area contributed by atoms with Gasteiger partial charge in [0.25, 0.3) is 5.56 Å². The standard InChI is InChI=1S/C25H27N3O5/c1-30-19-5-3-18(4-6-19)25-26-20(13-23(29)27-25)17-7-9-28(10-8-17)14-16-11-21(31-2)24-22(12-16)32-15-33-24/h3-6,11-13,17H,7-10,14-15H2,1-2H3,(H,26,27,29). The summed E-state index contributed by atoms with van der Waals surface area (Å²) in [5.74, 6) is 3.73. The highest BCUT2D eigenvalue weighted by Crippen LogP contribution is 2.42. The van der Waals surface area contributed by atoms with E-state index in [4.69, 9.17) is 23.9 Å². The summed E-state index contributed by atoms with van der Waals surface area (Å²) in [6, 6.07) is 13.2. The predicted molar refractivity (Wildman–Crippen MR) is 123 cm³/mol. The van der Waals surface area contributed by atoms with E-state index >= 15 is 0 Å². The highest BCUT2D eigenvalue weighted by Gasteiger charge is 2.25. The van der Waals surface area contributed by atoms with Crippen LogP contribution in [0.2, 0.25) is 0 Å². The van der Waals surface area contributed by atoms with E-state index in [0.29, 0.717) is 17.3 Å². The Hall–Kier alpha value is -3.52. The van der Waals surface area contributed by atoms with Crippen molar-refractivity contribution in [3.05, 3.63) is 64.1 Å². The van der Waals surface area contributed by atoms with Crippen molar-refractivity contribution in [3.8, 4) is 34.4 Å². The summed E-state index contributed by atoms with van der Waals surface area (Å²) >= 11 is 0. The van der Waals surface area contributed by atoms with Crippen LogP contribution in [0.5, 0.6) is 23.0 Å². The molecule has 0 radical (unpaired) electrons. The Balaban J connectivity index is 1.27. The van der Waals surface area contributed by atoms with E-state index in [9.17, 15) is 4.79 Å². The first-order valence-corrected chi connectivity index (χ1v) is 11.1. The number of fused-ring (bicyclic) bond motifs is 1. The largest absolute Gasteiger partial charge is 0.497 e. The zero-order chi connectivity index (χ0) is 22.8. The number of rotatable bonds is 6. The van der Waals surface area contributed by atoms with Gasteiger partial charge >= 0.3 is 0 Å². The topological polar surface area (TPSA) is 85.9 Å². The Morgan fingerprint density at radius 2 is 1.85 bits per heavy atom. The summed E-state index contributed by atoms with van der Waals surface area (Å²) in [7, 11) is 3.27. The molecule has 5 rings (SSSR count). The van der Waals surface area contributed by atoms with Crippen LogP contribution < -0.4 is 24.5 Å². The Morgan fingerprint density at radius 1 is 1.06 bits per heavy atom. The molecule has 3 aromatic rings. The lowest BCUT2D eigenvalue weighted by Gasteiger charge is -2.31. The van der Waals surface area contributed by atoms with Crippen LogP contribution in [-0.4, -0.2) is 49.0 Å². The number of H-pyrrole nitrogens is 1. The summed E-state index contributed by atoms with van der Waals surface area (Å²) in [5.41, 5.74) is 2.73. The fourth-order valence-electron chi connectivity index (χ4n) is 4.49. The second kappa shape index (κ2) is 9.15. The molecule has 8 heteroatoms. The number of aromatic amines is 1. The van der Waals surface area contributed by atoms with Gasteiger partial charge in [-0.1, -0.05) is 0 Å². The van der Waals surface area contributed by atoms with Gasteiger partial charge in [0.2, 0.25) is 12.5 Å². The molecule has 0 aliphatic carbocycles. The summed E-state index contributed by atoms with van der Waals surface area (Å²) in [4.78, 5) is 22.4. The number of ether oxygens (including phenoxy) is 4. The second-order valence-corrected chi connectivity index (χ2v) is 8.33. The maximum absolute atomic E-state index is 12.3. The molecule has 2 aromatic carbocycles. The van der Waals surface area contributed by atoms with E-state index < -0.39 is 0 Å². The third-order valence-corrected chi connectivity index (χ3v) is 6.26. The molecule has 2 aliphatic rings. The van der Waals surface area contributed by atoms with E-state index in [1.54, 1.807) is 20.3 Å². The maximum Gasteiger partial charge on any atom is 0.251 e. The van der Waals surface area contributed by atoms with Crippen LogP contribution in [0.1, 0.15) is 30.0 Å². The number of hydrogen-bond acceptors (Lipinski definition) is 7. The zero-order valence-corrected chi connectivity index (χ0v) is 18.8. The molecule has 1 fully saturated rings. The summed E-state index contributed by atoms with van der Waals surface area (Å²) < 4.78 is 21.7. The van der Waals surface area contributed by atoms with Gasteiger partial charge in [-0.15, -0.1) is 0 Å². The van der Waals surface area contributed by atoms with Crippen molar-refractivity contribution in [2.45, 2.75) is 25.3 Å². The lowest BCUT2D eigenvalue weighted by molar-refractivity contribution is 0.171. The number of nitrogens with zero attached hydrogens (tertiary/aromatic N) is 2. The first-order valence-electron chi connectivity index (χ1n) is 11.1. The second-order valence-electron chi connectivity index (χ2n) is 8.33. The van der Waals surface area contributed by atoms with E-state index in [-0.39, 0.29) is 18.3 Å². The molecule has 2 aliphatic heterocycles. The van der Waals surface area contributed by atoms with Gasteiger partial charge in [0, 0.05) is 24.1 Å². The lowest BCUT2D eigenvalue weighted by atomic mass is 9.93. The smallest absolute Gasteiger partial charge is 0.251 e. The number of likely N-dealkylation sites (tertiary alicyclic amines) is 1. The van der Waals surface area contributed by atoms with Gasteiger partial charge in [0.1, 0.15) is 11.6 Å². The van der Waals surface area contributed by atoms with Crippen molar-refractivity contribution in [3.63, 3.8) is 0 Å². The number of aromatic nitrogens is 2. The van der Waals surface area contributed by atoms with Gasteiger partial charge in [-0.25, -0.2) is 4.98 Å². The molecule has 1 aromatic heterocycles. The lowest BCUT2D eigenvalue weighted by Crippen LogP contribution is -2.33. The molecule has 1 saturated heterocycles. The zero-order valence-electron chi connectivity index (χ0n) is 18.8. The first-order chi connectivity index (χ1) is 16.1. The maximum atomic E-state index is 12.3. The number of methoxy groups -OCH3 is 2. The van der Waals surface area contributed by atoms with Crippen LogP contribution in [0.3, 0.4) is 0 Å². The van der Waals surface area contributed by atoms with E-state index in [2.05, 4.69) is 9.88 Å². The first kappa shape index (κ1) is 21.3. The highest BCUT2D eigenvalue weighted by molar-refractivity contribution is 5.56. The van der Waals surface area contributed by atoms with Gasteiger partial charge < -0.3 is 23.9 Å². The van der Waals surface area contributed by atoms with E-state index in [1.807, 2.05) is 36.4 Å². The highest BCUT2D eigenvalue weighted by atomic mass is 16.7. The van der Waals surface area contributed by atoms with Crippen molar-refractivity contribution >= 4 is 0 Å². The molecule has 3 heterocycles. The molecule has 0 unspecified atom stereocenters. The quantitative estimate of drug-likeness (QED) is 0.616. The molecule has 0 spiro atoms. The van der Waals surface area contributed by atoms with Crippen molar-refractivity contribution < 1.29 is 18.9 Å². The molecule has 8 nitrogen and oxygen atoms in total. The summed E-state index contributed by atoms with van der Waals surface area (Å²) in [5, 5.41) is 0. The average Bonchev–Trinajstić information content (AvgIpc) is 3.32. The van der Waals surface area contributed by atoms with Gasteiger partial charge in [0.05, 0.1) is 19.9 Å². The predicted octanol–water partition coefficient (Wildman–Crippen LogP) is 3.56. The molecule has 0 bridgehead atoms. The number of piperidine rings is 1. The normalized spacial score (nSPS) is 16.1. The third kappa shape index (κ3) is 4.52. The molecule has 0 amide bonds. The fraction of sp³-hybridized carbons (Fsp3) is 0.360. The Kier molecular flexibility index (Phi) is 5.92. The van der Waals surface area contributed by atoms with Crippen LogP contribution in [0.4, 0.5) is 0 Å². The Bertz CT molecular complexity index is 1180. The minimum atomic E-state index is -0.124. The van der Waals surface area contributed by atoms with E-state index in [1.165, 1.54) is 0 Å². The summed E-state index contributed by atoms with van der Waals surface area (Å²) in [6.45, 7) is 2.88. The minimum Gasteiger partial charge on any atom is -0.497 e. The van der Waals surface area contributed by atoms with Gasteiger partial charge in [0.15, 0.2) is 11.5 Å². The van der Waals surface area contributed by atoms with Crippen molar-refractivity contribution in [2.75, 3.05) is 34.1 Å². The average molecular weight is 450 g/mol. The van der Waals surface area contributed by atoms with Crippen LogP contribution in [-0.2, 0) is 6.54 Å². The van der Waals surface area contributed by atoms with Crippen molar-refractivity contribution in [2.24, 2.45) is 0 Å². The van der Waals surface area contributed by atoms with E-state index in [0.717, 1.165) is 60.8 Å². The van der Waals surface area contributed by atoms with Gasteiger partial charge in [-0.2, -0.15) is 0 Å². The van der Waals surface area contributed by atoms with Gasteiger partial charge in [-0.3, -0.25) is 9.69 Å². The van der Waals surface area contributed by atoms with Crippen molar-refractivity contribution in [1.82, 2.24) is 14.9 Å². The molecule has 0 atom stereocenters. The molecule has 0 saturated carbocycles. The third-order valence-electron chi connectivity index (χ3n) is 6.26. The van der Waals surface area contributed by atoms with Crippen LogP contribution >= 0.6 is 0 Å². The SMILES string of the molecule is COc1ccc(-c2nc(C3CCN(Cc4cc(OC)c5c(c4)OCO5)CC3)cc(=O)[nH]2)cc1. The molecule has 33 heavy (non-hydrogen) atoms. The Labute approximate surface area is 192 Å². The van der Waals surface area contributed by atoms with Crippen molar-refractivity contribution in [1.29, 1.82) is 0 Å². The number of hydrogen-bond donors (Lipinski definition) is 1. The molecule has 172 valence electrons. The Morgan fingerprint density at radius 3 is 2.58 bits per heavy atom. The number of benzene rings is 2. The van der Waals surface area contributed by atoms with Crippen LogP contribution in [0.15, 0.2) is 47.3 Å². The molecular formula is C25H27N3O5. The van der Waals surface area contributed by atoms with Crippen LogP contribution in [0, 0.1) is 0 Å². The molecular weight excluding hydrogens is 422 g/mol. The van der Waals surface area contributed by atoms with Gasteiger partial charge in [-0.05, 0) is 67.9 Å². The fourth-order valence-corrected chi connectivity index (χ4v) is 4.49. The minimum absolute atomic E-state index is 0.124. The number of nitrogens with one attached hydrogen (secondary N) is 1.